The number of sulfone groups is 1. The van der Waals surface area contributed by atoms with E-state index in [-0.39, 0.29) is 16.8 Å². The number of hydrogen-bond donors (Lipinski definition) is 1. The van der Waals surface area contributed by atoms with Crippen LogP contribution in [0.4, 0.5) is 24.8 Å². The molecule has 1 amide bonds. The normalized spacial score (nSPS) is 20.5. The SMILES string of the molecule is O=C1CCCN1c1cc(-c2ccc(S(=O)(=O)[C@H]3CC[C@H](Nc4ccc(C(F)(F)F)cn4)CC3)cc2)ccn1. The summed E-state index contributed by atoms with van der Waals surface area (Å²) in [4.78, 5) is 22.1. The van der Waals surface area contributed by atoms with Gasteiger partial charge >= 0.3 is 6.18 Å². The predicted octanol–water partition coefficient (Wildman–Crippen LogP) is 5.49. The van der Waals surface area contributed by atoms with Crippen molar-refractivity contribution in [3.05, 3.63) is 66.5 Å². The number of anilines is 2. The van der Waals surface area contributed by atoms with Crippen LogP contribution in [-0.4, -0.2) is 42.1 Å². The topological polar surface area (TPSA) is 92.3 Å². The molecule has 38 heavy (non-hydrogen) atoms. The van der Waals surface area contributed by atoms with E-state index in [0.29, 0.717) is 50.3 Å². The smallest absolute Gasteiger partial charge is 0.367 e. The van der Waals surface area contributed by atoms with Gasteiger partial charge in [0.05, 0.1) is 15.7 Å². The zero-order valence-electron chi connectivity index (χ0n) is 20.5. The second-order valence-corrected chi connectivity index (χ2v) is 11.9. The van der Waals surface area contributed by atoms with E-state index in [2.05, 4.69) is 15.3 Å². The second kappa shape index (κ2) is 10.4. The van der Waals surface area contributed by atoms with Crippen LogP contribution < -0.4 is 10.2 Å². The Hall–Kier alpha value is -3.47. The Kier molecular flexibility index (Phi) is 7.13. The van der Waals surface area contributed by atoms with Crippen molar-refractivity contribution in [2.45, 2.75) is 60.9 Å². The van der Waals surface area contributed by atoms with Crippen molar-refractivity contribution in [1.29, 1.82) is 0 Å². The number of benzene rings is 1. The highest BCUT2D eigenvalue weighted by atomic mass is 32.2. The van der Waals surface area contributed by atoms with Crippen molar-refractivity contribution in [1.82, 2.24) is 9.97 Å². The molecule has 0 radical (unpaired) electrons. The third-order valence-electron chi connectivity index (χ3n) is 7.17. The summed E-state index contributed by atoms with van der Waals surface area (Å²) in [5, 5.41) is 2.59. The zero-order valence-corrected chi connectivity index (χ0v) is 21.3. The van der Waals surface area contributed by atoms with Crippen LogP contribution in [0, 0.1) is 0 Å². The number of carbonyl (C=O) groups excluding carboxylic acids is 1. The molecule has 0 atom stereocenters. The minimum atomic E-state index is -4.44. The van der Waals surface area contributed by atoms with Crippen LogP contribution in [0.3, 0.4) is 0 Å². The molecule has 1 N–H and O–H groups in total. The minimum absolute atomic E-state index is 0.0524. The molecule has 0 spiro atoms. The van der Waals surface area contributed by atoms with E-state index in [1.54, 1.807) is 35.4 Å². The maximum Gasteiger partial charge on any atom is 0.417 e. The number of rotatable bonds is 6. The summed E-state index contributed by atoms with van der Waals surface area (Å²) >= 11 is 0. The zero-order chi connectivity index (χ0) is 26.9. The van der Waals surface area contributed by atoms with Crippen LogP contribution in [-0.2, 0) is 20.8 Å². The molecule has 0 bridgehead atoms. The van der Waals surface area contributed by atoms with E-state index < -0.39 is 26.8 Å². The van der Waals surface area contributed by atoms with Crippen LogP contribution >= 0.6 is 0 Å². The molecule has 11 heteroatoms. The average molecular weight is 545 g/mol. The Morgan fingerprint density at radius 2 is 1.66 bits per heavy atom. The fraction of sp³-hybridized carbons (Fsp3) is 0.370. The third kappa shape index (κ3) is 5.52. The first kappa shape index (κ1) is 26.1. The van der Waals surface area contributed by atoms with Gasteiger partial charge in [0, 0.05) is 31.4 Å². The molecule has 1 saturated heterocycles. The lowest BCUT2D eigenvalue weighted by Crippen LogP contribution is -2.33. The van der Waals surface area contributed by atoms with Crippen LogP contribution in [0.25, 0.3) is 11.1 Å². The predicted molar refractivity (Wildman–Crippen MR) is 137 cm³/mol. The van der Waals surface area contributed by atoms with E-state index in [1.807, 2.05) is 12.1 Å². The summed E-state index contributed by atoms with van der Waals surface area (Å²) in [5.74, 6) is 0.989. The fourth-order valence-corrected chi connectivity index (χ4v) is 6.83. The number of carbonyl (C=O) groups is 1. The van der Waals surface area contributed by atoms with Crippen molar-refractivity contribution in [2.75, 3.05) is 16.8 Å². The van der Waals surface area contributed by atoms with E-state index in [1.165, 1.54) is 6.07 Å². The molecular weight excluding hydrogens is 517 g/mol. The van der Waals surface area contributed by atoms with Gasteiger partial charge in [-0.3, -0.25) is 9.69 Å². The van der Waals surface area contributed by atoms with Gasteiger partial charge < -0.3 is 5.32 Å². The Balaban J connectivity index is 1.21. The number of aromatic nitrogens is 2. The number of alkyl halides is 3. The number of nitrogens with zero attached hydrogens (tertiary/aromatic N) is 3. The summed E-state index contributed by atoms with van der Waals surface area (Å²) in [5.41, 5.74) is 0.869. The molecule has 5 rings (SSSR count). The summed E-state index contributed by atoms with van der Waals surface area (Å²) in [6, 6.07) is 12.6. The van der Waals surface area contributed by atoms with Gasteiger partial charge in [-0.1, -0.05) is 12.1 Å². The second-order valence-electron chi connectivity index (χ2n) is 9.67. The van der Waals surface area contributed by atoms with E-state index in [9.17, 15) is 26.4 Å². The fourth-order valence-electron chi connectivity index (χ4n) is 5.04. The molecule has 2 aliphatic rings. The lowest BCUT2D eigenvalue weighted by atomic mass is 9.95. The number of amides is 1. The van der Waals surface area contributed by atoms with Gasteiger partial charge in [-0.25, -0.2) is 18.4 Å². The molecule has 200 valence electrons. The minimum Gasteiger partial charge on any atom is -0.367 e. The summed E-state index contributed by atoms with van der Waals surface area (Å²) in [7, 11) is -3.54. The first-order valence-electron chi connectivity index (χ1n) is 12.5. The molecule has 1 saturated carbocycles. The van der Waals surface area contributed by atoms with Crippen LogP contribution in [0.15, 0.2) is 65.8 Å². The molecule has 2 fully saturated rings. The molecule has 0 unspecified atom stereocenters. The third-order valence-corrected chi connectivity index (χ3v) is 9.45. The van der Waals surface area contributed by atoms with Gasteiger partial charge in [0.1, 0.15) is 11.6 Å². The van der Waals surface area contributed by atoms with Crippen molar-refractivity contribution in [2.24, 2.45) is 0 Å². The molecular formula is C27H27F3N4O3S. The van der Waals surface area contributed by atoms with Crippen LogP contribution in [0.1, 0.15) is 44.1 Å². The van der Waals surface area contributed by atoms with Gasteiger partial charge in [-0.2, -0.15) is 13.2 Å². The Labute approximate surface area is 219 Å². The van der Waals surface area contributed by atoms with Crippen molar-refractivity contribution in [3.63, 3.8) is 0 Å². The Morgan fingerprint density at radius 3 is 2.26 bits per heavy atom. The number of hydrogen-bond acceptors (Lipinski definition) is 6. The highest BCUT2D eigenvalue weighted by molar-refractivity contribution is 7.92. The molecule has 1 aliphatic heterocycles. The van der Waals surface area contributed by atoms with Crippen LogP contribution in [0.5, 0.6) is 0 Å². The molecule has 1 aliphatic carbocycles. The number of halogens is 3. The van der Waals surface area contributed by atoms with Crippen molar-refractivity contribution < 1.29 is 26.4 Å². The largest absolute Gasteiger partial charge is 0.417 e. The van der Waals surface area contributed by atoms with Crippen molar-refractivity contribution in [3.8, 4) is 11.1 Å². The molecule has 3 heterocycles. The highest BCUT2D eigenvalue weighted by Gasteiger charge is 2.33. The first-order chi connectivity index (χ1) is 18.1. The van der Waals surface area contributed by atoms with E-state index >= 15 is 0 Å². The van der Waals surface area contributed by atoms with Gasteiger partial charge in [-0.15, -0.1) is 0 Å². The Bertz CT molecular complexity index is 1400. The van der Waals surface area contributed by atoms with E-state index in [0.717, 1.165) is 29.8 Å². The van der Waals surface area contributed by atoms with Gasteiger partial charge in [0.25, 0.3) is 0 Å². The average Bonchev–Trinajstić information content (AvgIpc) is 3.35. The Morgan fingerprint density at radius 1 is 0.921 bits per heavy atom. The summed E-state index contributed by atoms with van der Waals surface area (Å²) in [6.07, 6.45) is 1.35. The number of nitrogens with one attached hydrogen (secondary N) is 1. The monoisotopic (exact) mass is 544 g/mol. The quantitative estimate of drug-likeness (QED) is 0.442. The maximum atomic E-state index is 13.3. The summed E-state index contributed by atoms with van der Waals surface area (Å²) < 4.78 is 64.8. The van der Waals surface area contributed by atoms with E-state index in [4.69, 9.17) is 0 Å². The van der Waals surface area contributed by atoms with Gasteiger partial charge in [-0.05, 0) is 79.6 Å². The van der Waals surface area contributed by atoms with Crippen LogP contribution in [0.2, 0.25) is 0 Å². The molecule has 7 nitrogen and oxygen atoms in total. The maximum absolute atomic E-state index is 13.3. The molecule has 2 aromatic heterocycles. The first-order valence-corrected chi connectivity index (χ1v) is 14.1. The lowest BCUT2D eigenvalue weighted by Gasteiger charge is -2.29. The molecule has 3 aromatic rings. The highest BCUT2D eigenvalue weighted by Crippen LogP contribution is 2.33. The van der Waals surface area contributed by atoms with Gasteiger partial charge in [0.2, 0.25) is 5.91 Å². The lowest BCUT2D eigenvalue weighted by molar-refractivity contribution is -0.137. The van der Waals surface area contributed by atoms with Crippen molar-refractivity contribution >= 4 is 27.4 Å². The molecule has 1 aromatic carbocycles. The summed E-state index contributed by atoms with van der Waals surface area (Å²) in [6.45, 7) is 0.644. The standard InChI is InChI=1S/C27H27F3N4O3S/c28-27(29,30)20-5-12-24(32-17-20)33-21-6-10-23(11-7-21)38(36,37)22-8-3-18(4-9-22)19-13-14-31-25(16-19)34-15-1-2-26(34)35/h3-5,8-9,12-14,16-17,21,23H,1-2,6-7,10-11,15H2,(H,32,33)/t21-,23-. The van der Waals surface area contributed by atoms with Gasteiger partial charge in [0.15, 0.2) is 9.84 Å². The number of pyridine rings is 2.